The maximum absolute atomic E-state index is 14.3. The van der Waals surface area contributed by atoms with E-state index in [0.717, 1.165) is 0 Å². The minimum Gasteiger partial charge on any atom is -0.472 e. The average Bonchev–Trinajstić information content (AvgIpc) is 3.22. The van der Waals surface area contributed by atoms with Crippen molar-refractivity contribution in [1.82, 2.24) is 29.5 Å². The van der Waals surface area contributed by atoms with E-state index in [-0.39, 0.29) is 40.9 Å². The van der Waals surface area contributed by atoms with E-state index >= 15 is 0 Å². The van der Waals surface area contributed by atoms with Gasteiger partial charge in [0.15, 0.2) is 10.8 Å². The molecule has 4 rings (SSSR count). The van der Waals surface area contributed by atoms with Crippen molar-refractivity contribution in [2.45, 2.75) is 38.5 Å². The van der Waals surface area contributed by atoms with E-state index in [4.69, 9.17) is 32.7 Å². The maximum atomic E-state index is 14.3. The molecule has 31 heavy (non-hydrogen) atoms. The Hall–Kier alpha value is -2.57. The number of hydrogen-bond donors (Lipinski definition) is 0. The number of rotatable bonds is 7. The predicted octanol–water partition coefficient (Wildman–Crippen LogP) is 3.31. The molecular weight excluding hydrogens is 456 g/mol. The first-order valence-electron chi connectivity index (χ1n) is 9.49. The van der Waals surface area contributed by atoms with Gasteiger partial charge in [-0.15, -0.1) is 5.10 Å². The van der Waals surface area contributed by atoms with Crippen molar-refractivity contribution < 1.29 is 18.8 Å². The Kier molecular flexibility index (Phi) is 6.21. The fourth-order valence-corrected chi connectivity index (χ4v) is 3.88. The highest BCUT2D eigenvalue weighted by Gasteiger charge is 2.34. The van der Waals surface area contributed by atoms with Crippen molar-refractivity contribution in [3.63, 3.8) is 0 Å². The van der Waals surface area contributed by atoms with Crippen molar-refractivity contribution in [2.24, 2.45) is 0 Å². The molecule has 0 aliphatic carbocycles. The van der Waals surface area contributed by atoms with Crippen LogP contribution >= 0.6 is 23.2 Å². The van der Waals surface area contributed by atoms with E-state index in [1.165, 1.54) is 17.8 Å². The second kappa shape index (κ2) is 8.89. The number of ether oxygens (including phenoxy) is 2. The molecule has 3 aromatic rings. The zero-order valence-electron chi connectivity index (χ0n) is 16.4. The van der Waals surface area contributed by atoms with Gasteiger partial charge in [0.25, 0.3) is 0 Å². The molecular formula is C17H18Cl2FN7O4. The average molecular weight is 474 g/mol. The lowest BCUT2D eigenvalue weighted by molar-refractivity contribution is -0.386. The summed E-state index contributed by atoms with van der Waals surface area (Å²) in [5, 5.41) is 20.8. The largest absolute Gasteiger partial charge is 0.472 e. The molecule has 1 fully saturated rings. The lowest BCUT2D eigenvalue weighted by Crippen LogP contribution is -2.32. The molecule has 2 atom stereocenters. The number of aryl methyl sites for hydroxylation is 1. The summed E-state index contributed by atoms with van der Waals surface area (Å²) in [4.78, 5) is 19.0. The Morgan fingerprint density at radius 2 is 2.23 bits per heavy atom. The van der Waals surface area contributed by atoms with Crippen LogP contribution in [-0.4, -0.2) is 60.4 Å². The van der Waals surface area contributed by atoms with E-state index in [1.807, 2.05) is 0 Å². The van der Waals surface area contributed by atoms with Crippen LogP contribution in [0.2, 0.25) is 10.4 Å². The Labute approximate surface area is 185 Å². The summed E-state index contributed by atoms with van der Waals surface area (Å²) in [7, 11) is 0. The fourth-order valence-electron chi connectivity index (χ4n) is 3.52. The summed E-state index contributed by atoms with van der Waals surface area (Å²) in [6.07, 6.45) is 0.991. The first kappa shape index (κ1) is 21.7. The van der Waals surface area contributed by atoms with Gasteiger partial charge in [0.2, 0.25) is 5.28 Å². The van der Waals surface area contributed by atoms with Gasteiger partial charge in [-0.3, -0.25) is 14.8 Å². The Morgan fingerprint density at radius 1 is 1.42 bits per heavy atom. The van der Waals surface area contributed by atoms with Crippen molar-refractivity contribution in [3.05, 3.63) is 32.4 Å². The molecule has 11 nitrogen and oxygen atoms in total. The lowest BCUT2D eigenvalue weighted by Gasteiger charge is -2.26. The number of fused-ring (bicyclic) bond motifs is 1. The van der Waals surface area contributed by atoms with Gasteiger partial charge in [0.1, 0.15) is 11.9 Å². The summed E-state index contributed by atoms with van der Waals surface area (Å²) < 4.78 is 27.9. The third-order valence-corrected chi connectivity index (χ3v) is 5.47. The second-order valence-electron chi connectivity index (χ2n) is 6.98. The molecule has 0 spiro atoms. The summed E-state index contributed by atoms with van der Waals surface area (Å²) in [6.45, 7) is 2.31. The first-order valence-corrected chi connectivity index (χ1v) is 10.2. The highest BCUT2D eigenvalue weighted by atomic mass is 35.5. The molecule has 1 aliphatic rings. The first-order chi connectivity index (χ1) is 14.9. The number of halogens is 3. The maximum Gasteiger partial charge on any atom is 0.352 e. The number of hydrogen-bond acceptors (Lipinski definition) is 8. The van der Waals surface area contributed by atoms with Crippen molar-refractivity contribution in [3.8, 4) is 5.88 Å². The van der Waals surface area contributed by atoms with Crippen LogP contribution in [0.25, 0.3) is 11.0 Å². The third-order valence-electron chi connectivity index (χ3n) is 5.00. The number of aromatic nitrogens is 6. The monoisotopic (exact) mass is 473 g/mol. The van der Waals surface area contributed by atoms with Crippen LogP contribution in [0, 0.1) is 17.0 Å². The Bertz CT molecular complexity index is 1120. The lowest BCUT2D eigenvalue weighted by atomic mass is 10.1. The molecule has 4 heterocycles. The summed E-state index contributed by atoms with van der Waals surface area (Å²) in [5.74, 6) is -0.144. The number of alkyl halides is 1. The van der Waals surface area contributed by atoms with Crippen LogP contribution in [0.3, 0.4) is 0 Å². The van der Waals surface area contributed by atoms with Crippen LogP contribution in [0.15, 0.2) is 6.20 Å². The third kappa shape index (κ3) is 4.27. The van der Waals surface area contributed by atoms with Gasteiger partial charge >= 0.3 is 11.6 Å². The van der Waals surface area contributed by atoms with Crippen LogP contribution < -0.4 is 4.74 Å². The molecule has 0 bridgehead atoms. The molecule has 0 unspecified atom stereocenters. The standard InChI is InChI=1S/C17H18Cl2FN7O4/c1-9-13(27(28)29)16(24-26(9)12-3-6-30-8-11(12)20)31-5-2-4-25-15-10(14(18)23-25)7-21-17(19)22-15/h7,11-12H,2-6,8H2,1H3/t11-,12-/m1/s1. The van der Waals surface area contributed by atoms with Crippen molar-refractivity contribution in [2.75, 3.05) is 19.8 Å². The summed E-state index contributed by atoms with van der Waals surface area (Å²) >= 11 is 11.9. The van der Waals surface area contributed by atoms with Crippen molar-refractivity contribution >= 4 is 39.9 Å². The topological polar surface area (TPSA) is 123 Å². The van der Waals surface area contributed by atoms with Crippen LogP contribution in [-0.2, 0) is 11.3 Å². The van der Waals surface area contributed by atoms with Crippen LogP contribution in [0.4, 0.5) is 10.1 Å². The van der Waals surface area contributed by atoms with Gasteiger partial charge < -0.3 is 9.47 Å². The van der Waals surface area contributed by atoms with Gasteiger partial charge in [0.05, 0.1) is 29.6 Å². The highest BCUT2D eigenvalue weighted by molar-refractivity contribution is 6.34. The molecule has 0 N–H and O–H groups in total. The van der Waals surface area contributed by atoms with E-state index < -0.39 is 17.1 Å². The van der Waals surface area contributed by atoms with Gasteiger partial charge in [-0.1, -0.05) is 11.6 Å². The van der Waals surface area contributed by atoms with Crippen LogP contribution in [0.1, 0.15) is 24.6 Å². The smallest absolute Gasteiger partial charge is 0.352 e. The summed E-state index contributed by atoms with van der Waals surface area (Å²) in [5.41, 5.74) is 0.446. The number of nitro groups is 1. The van der Waals surface area contributed by atoms with Crippen LogP contribution in [0.5, 0.6) is 5.88 Å². The van der Waals surface area contributed by atoms with E-state index in [2.05, 4.69) is 20.2 Å². The predicted molar refractivity (Wildman–Crippen MR) is 108 cm³/mol. The molecule has 0 radical (unpaired) electrons. The Balaban J connectivity index is 1.47. The summed E-state index contributed by atoms with van der Waals surface area (Å²) in [6, 6.07) is -0.633. The van der Waals surface area contributed by atoms with E-state index in [9.17, 15) is 14.5 Å². The minimum atomic E-state index is -1.30. The van der Waals surface area contributed by atoms with Gasteiger partial charge in [-0.05, 0) is 24.9 Å². The van der Waals surface area contributed by atoms with E-state index in [1.54, 1.807) is 4.68 Å². The SMILES string of the molecule is Cc1c([N+](=O)[O-])c(OCCCn2nc(Cl)c3cnc(Cl)nc32)nn1[C@@H]1CCOC[C@H]1F. The molecule has 0 amide bonds. The molecule has 166 valence electrons. The zero-order valence-corrected chi connectivity index (χ0v) is 17.9. The fraction of sp³-hybridized carbons (Fsp3) is 0.529. The molecule has 0 saturated carbocycles. The zero-order chi connectivity index (χ0) is 22.1. The Morgan fingerprint density at radius 3 is 2.97 bits per heavy atom. The van der Waals surface area contributed by atoms with Crippen molar-refractivity contribution in [1.29, 1.82) is 0 Å². The molecule has 1 saturated heterocycles. The molecule has 3 aromatic heterocycles. The van der Waals surface area contributed by atoms with Gasteiger partial charge in [0, 0.05) is 25.8 Å². The quantitative estimate of drug-likeness (QED) is 0.221. The molecule has 14 heteroatoms. The van der Waals surface area contributed by atoms with E-state index in [0.29, 0.717) is 37.0 Å². The molecule has 0 aromatic carbocycles. The van der Waals surface area contributed by atoms with Gasteiger partial charge in [-0.25, -0.2) is 14.1 Å². The number of nitrogens with zero attached hydrogens (tertiary/aromatic N) is 7. The second-order valence-corrected chi connectivity index (χ2v) is 7.68. The normalized spacial score (nSPS) is 19.1. The minimum absolute atomic E-state index is 0.0671. The molecule has 1 aliphatic heterocycles. The van der Waals surface area contributed by atoms with Gasteiger partial charge in [-0.2, -0.15) is 10.1 Å². The highest BCUT2D eigenvalue weighted by Crippen LogP contribution is 2.35.